The molecule has 27 heavy (non-hydrogen) atoms. The van der Waals surface area contributed by atoms with Gasteiger partial charge in [-0.05, 0) is 45.0 Å². The fourth-order valence-corrected chi connectivity index (χ4v) is 2.50. The van der Waals surface area contributed by atoms with Crippen molar-refractivity contribution in [2.45, 2.75) is 32.4 Å². The molecule has 6 heteroatoms. The summed E-state index contributed by atoms with van der Waals surface area (Å²) in [4.78, 5) is 22.3. The lowest BCUT2D eigenvalue weighted by atomic mass is 10.00. The van der Waals surface area contributed by atoms with Crippen LogP contribution < -0.4 is 5.32 Å². The van der Waals surface area contributed by atoms with E-state index in [9.17, 15) is 9.59 Å². The highest BCUT2D eigenvalue weighted by Crippen LogP contribution is 2.25. The van der Waals surface area contributed by atoms with Gasteiger partial charge in [-0.1, -0.05) is 48.5 Å². The number of carbonyl (C=O) groups excluding carboxylic acids is 1. The zero-order valence-electron chi connectivity index (χ0n) is 16.1. The van der Waals surface area contributed by atoms with E-state index < -0.39 is 17.6 Å². The average Bonchev–Trinajstić information content (AvgIpc) is 2.62. The van der Waals surface area contributed by atoms with E-state index >= 15 is 0 Å². The van der Waals surface area contributed by atoms with Crippen LogP contribution in [-0.4, -0.2) is 41.5 Å². The molecule has 0 saturated heterocycles. The molecule has 0 aromatic heterocycles. The third-order valence-electron chi connectivity index (χ3n) is 3.46. The molecule has 0 aliphatic rings. The minimum atomic E-state index is -0.859. The lowest BCUT2D eigenvalue weighted by Gasteiger charge is -2.20. The standard InChI is InChI=1S/C17H18O2.C4H9NO2S/c1-17(2,3)19-16(18)15-12-8-7-11-14(15)13-9-5-4-6-10-13;1-5-3(2-8)4(6)7/h4-12H,1-3H3;3,5,8H,2H2,1H3,(H,6,7)/t;3-/m.0/s1. The Kier molecular flexibility index (Phi) is 9.05. The largest absolute Gasteiger partial charge is 0.480 e. The van der Waals surface area contributed by atoms with Crippen molar-refractivity contribution in [3.63, 3.8) is 0 Å². The van der Waals surface area contributed by atoms with Crippen LogP contribution in [0, 0.1) is 0 Å². The summed E-state index contributed by atoms with van der Waals surface area (Å²) in [6.07, 6.45) is 0. The van der Waals surface area contributed by atoms with Crippen LogP contribution in [0.5, 0.6) is 0 Å². The van der Waals surface area contributed by atoms with Gasteiger partial charge in [-0.25, -0.2) is 4.79 Å². The van der Waals surface area contributed by atoms with Crippen LogP contribution in [0.1, 0.15) is 31.1 Å². The first-order chi connectivity index (χ1) is 12.7. The highest BCUT2D eigenvalue weighted by Gasteiger charge is 2.20. The van der Waals surface area contributed by atoms with Gasteiger partial charge in [-0.3, -0.25) is 4.79 Å². The summed E-state index contributed by atoms with van der Waals surface area (Å²) < 4.78 is 5.45. The number of hydrogen-bond acceptors (Lipinski definition) is 5. The number of benzene rings is 2. The molecule has 0 aliphatic heterocycles. The third-order valence-corrected chi connectivity index (χ3v) is 3.82. The third kappa shape index (κ3) is 7.85. The van der Waals surface area contributed by atoms with Crippen molar-refractivity contribution >= 4 is 24.6 Å². The number of carboxylic acid groups (broad SMARTS) is 1. The van der Waals surface area contributed by atoms with Crippen LogP contribution in [0.3, 0.4) is 0 Å². The summed E-state index contributed by atoms with van der Waals surface area (Å²) in [6.45, 7) is 5.61. The molecular weight excluding hydrogens is 362 g/mol. The van der Waals surface area contributed by atoms with E-state index in [-0.39, 0.29) is 5.97 Å². The second-order valence-electron chi connectivity index (χ2n) is 6.78. The van der Waals surface area contributed by atoms with Gasteiger partial charge < -0.3 is 15.2 Å². The molecule has 146 valence electrons. The maximum absolute atomic E-state index is 12.2. The number of rotatable bonds is 5. The van der Waals surface area contributed by atoms with Crippen molar-refractivity contribution in [1.82, 2.24) is 5.32 Å². The summed E-state index contributed by atoms with van der Waals surface area (Å²) in [5.74, 6) is -0.819. The molecule has 0 unspecified atom stereocenters. The summed E-state index contributed by atoms with van der Waals surface area (Å²) in [7, 11) is 1.59. The molecule has 2 rings (SSSR count). The predicted molar refractivity (Wildman–Crippen MR) is 111 cm³/mol. The Bertz CT molecular complexity index is 737. The molecule has 0 heterocycles. The van der Waals surface area contributed by atoms with Gasteiger partial charge >= 0.3 is 11.9 Å². The number of esters is 1. The molecule has 1 atom stereocenters. The fourth-order valence-electron chi connectivity index (χ4n) is 2.16. The summed E-state index contributed by atoms with van der Waals surface area (Å²) in [5.41, 5.74) is 2.03. The number of thiol groups is 1. The van der Waals surface area contributed by atoms with Crippen molar-refractivity contribution in [1.29, 1.82) is 0 Å². The molecule has 0 spiro atoms. The van der Waals surface area contributed by atoms with Crippen LogP contribution in [0.4, 0.5) is 0 Å². The van der Waals surface area contributed by atoms with Crippen molar-refractivity contribution in [2.75, 3.05) is 12.8 Å². The van der Waals surface area contributed by atoms with Gasteiger partial charge in [0.2, 0.25) is 0 Å². The van der Waals surface area contributed by atoms with Gasteiger partial charge in [0, 0.05) is 5.75 Å². The molecule has 0 fully saturated rings. The average molecular weight is 390 g/mol. The number of carboxylic acids is 1. The van der Waals surface area contributed by atoms with E-state index in [1.807, 2.05) is 69.3 Å². The van der Waals surface area contributed by atoms with Crippen LogP contribution in [0.2, 0.25) is 0 Å². The SMILES string of the molecule is CC(C)(C)OC(=O)c1ccccc1-c1ccccc1.CN[C@@H](CS)C(=O)O. The molecular formula is C21H27NO4S. The smallest absolute Gasteiger partial charge is 0.339 e. The zero-order chi connectivity index (χ0) is 20.4. The van der Waals surface area contributed by atoms with E-state index in [1.54, 1.807) is 13.1 Å². The highest BCUT2D eigenvalue weighted by molar-refractivity contribution is 7.80. The number of nitrogens with one attached hydrogen (secondary N) is 1. The van der Waals surface area contributed by atoms with Gasteiger partial charge in [-0.2, -0.15) is 12.6 Å². The van der Waals surface area contributed by atoms with Crippen LogP contribution in [-0.2, 0) is 9.53 Å². The quantitative estimate of drug-likeness (QED) is 0.534. The van der Waals surface area contributed by atoms with Gasteiger partial charge in [0.1, 0.15) is 11.6 Å². The number of likely N-dealkylation sites (N-methyl/N-ethyl adjacent to an activating group) is 1. The van der Waals surface area contributed by atoms with Gasteiger partial charge in [0.05, 0.1) is 5.56 Å². The minimum absolute atomic E-state index is 0.285. The summed E-state index contributed by atoms with van der Waals surface area (Å²) in [5, 5.41) is 10.8. The maximum atomic E-state index is 12.2. The monoisotopic (exact) mass is 389 g/mol. The molecule has 5 nitrogen and oxygen atoms in total. The number of aliphatic carboxylic acids is 1. The Morgan fingerprint density at radius 3 is 2.07 bits per heavy atom. The first-order valence-electron chi connectivity index (χ1n) is 8.58. The first-order valence-corrected chi connectivity index (χ1v) is 9.21. The Morgan fingerprint density at radius 1 is 1.07 bits per heavy atom. The number of carbonyl (C=O) groups is 2. The predicted octanol–water partition coefficient (Wildman–Crippen LogP) is 3.90. The number of ether oxygens (including phenoxy) is 1. The maximum Gasteiger partial charge on any atom is 0.339 e. The van der Waals surface area contributed by atoms with Gasteiger partial charge in [0.25, 0.3) is 0 Å². The van der Waals surface area contributed by atoms with Crippen molar-refractivity contribution < 1.29 is 19.4 Å². The Hall–Kier alpha value is -2.31. The van der Waals surface area contributed by atoms with Crippen molar-refractivity contribution in [2.24, 2.45) is 0 Å². The second kappa shape index (κ2) is 10.7. The van der Waals surface area contributed by atoms with Gasteiger partial charge in [-0.15, -0.1) is 0 Å². The van der Waals surface area contributed by atoms with E-state index in [0.29, 0.717) is 11.3 Å². The lowest BCUT2D eigenvalue weighted by Crippen LogP contribution is -2.35. The van der Waals surface area contributed by atoms with Crippen molar-refractivity contribution in [3.8, 4) is 11.1 Å². The van der Waals surface area contributed by atoms with E-state index in [0.717, 1.165) is 11.1 Å². The molecule has 0 amide bonds. The normalized spacial score (nSPS) is 11.7. The minimum Gasteiger partial charge on any atom is -0.480 e. The van der Waals surface area contributed by atoms with E-state index in [2.05, 4.69) is 17.9 Å². The zero-order valence-corrected chi connectivity index (χ0v) is 17.0. The van der Waals surface area contributed by atoms with Crippen LogP contribution in [0.15, 0.2) is 54.6 Å². The highest BCUT2D eigenvalue weighted by atomic mass is 32.1. The Morgan fingerprint density at radius 2 is 1.63 bits per heavy atom. The Balaban J connectivity index is 0.000000387. The molecule has 0 saturated carbocycles. The second-order valence-corrected chi connectivity index (χ2v) is 7.14. The van der Waals surface area contributed by atoms with E-state index in [4.69, 9.17) is 9.84 Å². The van der Waals surface area contributed by atoms with Crippen molar-refractivity contribution in [3.05, 3.63) is 60.2 Å². The van der Waals surface area contributed by atoms with Gasteiger partial charge in [0.15, 0.2) is 0 Å². The first kappa shape index (κ1) is 22.7. The lowest BCUT2D eigenvalue weighted by molar-refractivity contribution is -0.138. The summed E-state index contributed by atoms with van der Waals surface area (Å²) >= 11 is 3.79. The Labute approximate surface area is 166 Å². The molecule has 2 N–H and O–H groups in total. The molecule has 2 aromatic carbocycles. The molecule has 0 bridgehead atoms. The van der Waals surface area contributed by atoms with Crippen LogP contribution >= 0.6 is 12.6 Å². The summed E-state index contributed by atoms with van der Waals surface area (Å²) in [6, 6.07) is 16.9. The molecule has 0 aliphatic carbocycles. The van der Waals surface area contributed by atoms with Crippen LogP contribution in [0.25, 0.3) is 11.1 Å². The molecule has 2 aromatic rings. The number of hydrogen-bond donors (Lipinski definition) is 3. The van der Waals surface area contributed by atoms with E-state index in [1.165, 1.54) is 0 Å². The fraction of sp³-hybridized carbons (Fsp3) is 0.333. The molecule has 0 radical (unpaired) electrons. The topological polar surface area (TPSA) is 75.6 Å².